The number of hydrogen-bond acceptors (Lipinski definition) is 4. The van der Waals surface area contributed by atoms with Crippen molar-refractivity contribution in [3.05, 3.63) is 51.4 Å². The van der Waals surface area contributed by atoms with E-state index >= 15 is 0 Å². The van der Waals surface area contributed by atoms with Crippen LogP contribution in [0.2, 0.25) is 0 Å². The molecule has 2 aromatic rings. The van der Waals surface area contributed by atoms with Crippen molar-refractivity contribution in [2.75, 3.05) is 6.61 Å². The summed E-state index contributed by atoms with van der Waals surface area (Å²) in [5.74, 6) is 0.333. The number of nitrogens with zero attached hydrogens (tertiary/aromatic N) is 1. The summed E-state index contributed by atoms with van der Waals surface area (Å²) >= 11 is 0. The Balaban J connectivity index is 1.98. The molecule has 0 aliphatic carbocycles. The molecule has 0 fully saturated rings. The number of rotatable bonds is 6. The molecule has 0 spiro atoms. The molecule has 0 radical (unpaired) electrons. The molecular formula is C15H18N4O3. The predicted molar refractivity (Wildman–Crippen MR) is 83.2 cm³/mol. The van der Waals surface area contributed by atoms with Gasteiger partial charge in [-0.2, -0.15) is 5.10 Å². The van der Waals surface area contributed by atoms with Crippen LogP contribution in [-0.4, -0.2) is 28.9 Å². The highest BCUT2D eigenvalue weighted by molar-refractivity contribution is 5.85. The highest BCUT2D eigenvalue weighted by Crippen LogP contribution is 2.15. The molecule has 1 heterocycles. The largest absolute Gasteiger partial charge is 0.493 e. The van der Waals surface area contributed by atoms with Gasteiger partial charge in [0.05, 0.1) is 19.2 Å². The maximum absolute atomic E-state index is 11.8. The first-order chi connectivity index (χ1) is 10.6. The second kappa shape index (κ2) is 7.26. The summed E-state index contributed by atoms with van der Waals surface area (Å²) < 4.78 is 5.46. The van der Waals surface area contributed by atoms with E-state index in [0.29, 0.717) is 23.6 Å². The third-order valence-electron chi connectivity index (χ3n) is 3.04. The first kappa shape index (κ1) is 15.6. The number of H-pyrrole nitrogens is 2. The Morgan fingerprint density at radius 1 is 1.36 bits per heavy atom. The Hall–Kier alpha value is -2.83. The van der Waals surface area contributed by atoms with Crippen LogP contribution in [0.15, 0.2) is 34.2 Å². The number of hydrazone groups is 1. The van der Waals surface area contributed by atoms with Gasteiger partial charge in [-0.25, -0.2) is 5.43 Å². The summed E-state index contributed by atoms with van der Waals surface area (Å²) in [4.78, 5) is 23.3. The van der Waals surface area contributed by atoms with Gasteiger partial charge in [-0.1, -0.05) is 12.1 Å². The van der Waals surface area contributed by atoms with Gasteiger partial charge in [-0.15, -0.1) is 0 Å². The van der Waals surface area contributed by atoms with Gasteiger partial charge in [0.2, 0.25) is 5.91 Å². The highest BCUT2D eigenvalue weighted by atomic mass is 16.5. The van der Waals surface area contributed by atoms with Crippen molar-refractivity contribution in [2.45, 2.75) is 20.3 Å². The minimum atomic E-state index is -0.363. The zero-order chi connectivity index (χ0) is 15.9. The minimum Gasteiger partial charge on any atom is -0.493 e. The lowest BCUT2D eigenvalue weighted by Crippen LogP contribution is -2.23. The van der Waals surface area contributed by atoms with Gasteiger partial charge in [-0.3, -0.25) is 14.7 Å². The Bertz CT molecular complexity index is 730. The van der Waals surface area contributed by atoms with Crippen molar-refractivity contribution in [1.29, 1.82) is 0 Å². The lowest BCUT2D eigenvalue weighted by Gasteiger charge is -2.05. The fourth-order valence-corrected chi connectivity index (χ4v) is 1.93. The minimum absolute atomic E-state index is 0.0326. The quantitative estimate of drug-likeness (QED) is 0.550. The number of nitrogens with one attached hydrogen (secondary N) is 3. The number of aryl methyl sites for hydroxylation is 1. The lowest BCUT2D eigenvalue weighted by atomic mass is 10.2. The van der Waals surface area contributed by atoms with E-state index in [4.69, 9.17) is 4.74 Å². The van der Waals surface area contributed by atoms with Gasteiger partial charge in [-0.05, 0) is 26.0 Å². The van der Waals surface area contributed by atoms with Crippen LogP contribution in [0.3, 0.4) is 0 Å². The van der Waals surface area contributed by atoms with Crippen LogP contribution in [0.4, 0.5) is 0 Å². The van der Waals surface area contributed by atoms with E-state index in [1.807, 2.05) is 31.2 Å². The number of benzene rings is 1. The van der Waals surface area contributed by atoms with E-state index in [2.05, 4.69) is 20.7 Å². The Labute approximate surface area is 127 Å². The normalized spacial score (nSPS) is 10.8. The molecule has 7 nitrogen and oxygen atoms in total. The number of ether oxygens (including phenoxy) is 1. The zero-order valence-corrected chi connectivity index (χ0v) is 12.5. The Morgan fingerprint density at radius 3 is 2.82 bits per heavy atom. The van der Waals surface area contributed by atoms with Crippen LogP contribution in [-0.2, 0) is 11.2 Å². The number of carbonyl (C=O) groups excluding carboxylic acids is 1. The van der Waals surface area contributed by atoms with Gasteiger partial charge in [0.15, 0.2) is 0 Å². The topological polar surface area (TPSA) is 99.3 Å². The van der Waals surface area contributed by atoms with E-state index in [9.17, 15) is 9.59 Å². The van der Waals surface area contributed by atoms with Crippen molar-refractivity contribution in [2.24, 2.45) is 5.10 Å². The van der Waals surface area contributed by atoms with Gasteiger partial charge in [0, 0.05) is 16.8 Å². The van der Waals surface area contributed by atoms with E-state index in [0.717, 1.165) is 5.56 Å². The predicted octanol–water partition coefficient (Wildman–Crippen LogP) is 1.10. The van der Waals surface area contributed by atoms with Crippen LogP contribution >= 0.6 is 0 Å². The fourth-order valence-electron chi connectivity index (χ4n) is 1.93. The molecule has 0 bridgehead atoms. The van der Waals surface area contributed by atoms with Gasteiger partial charge in [0.25, 0.3) is 5.56 Å². The lowest BCUT2D eigenvalue weighted by molar-refractivity contribution is -0.120. The number of hydrogen-bond donors (Lipinski definition) is 3. The van der Waals surface area contributed by atoms with Gasteiger partial charge in [0.1, 0.15) is 5.75 Å². The maximum Gasteiger partial charge on any atom is 0.267 e. The number of amides is 1. The highest BCUT2D eigenvalue weighted by Gasteiger charge is 2.10. The molecule has 0 atom stereocenters. The molecule has 0 aliphatic rings. The van der Waals surface area contributed by atoms with Gasteiger partial charge >= 0.3 is 0 Å². The van der Waals surface area contributed by atoms with Crippen molar-refractivity contribution >= 4 is 12.1 Å². The van der Waals surface area contributed by atoms with E-state index in [1.165, 1.54) is 6.21 Å². The van der Waals surface area contributed by atoms with Crippen LogP contribution in [0.1, 0.15) is 23.7 Å². The molecule has 0 saturated carbocycles. The smallest absolute Gasteiger partial charge is 0.267 e. The number of para-hydroxylation sites is 1. The molecule has 3 N–H and O–H groups in total. The molecule has 0 saturated heterocycles. The SMILES string of the molecule is CCOc1ccccc1C=NNC(=O)Cc1c(C)[nH][nH]c1=O. The van der Waals surface area contributed by atoms with Crippen molar-refractivity contribution in [3.63, 3.8) is 0 Å². The number of aromatic nitrogens is 2. The first-order valence-electron chi connectivity index (χ1n) is 6.91. The molecule has 0 unspecified atom stereocenters. The van der Waals surface area contributed by atoms with Crippen molar-refractivity contribution in [3.8, 4) is 5.75 Å². The molecule has 2 rings (SSSR count). The summed E-state index contributed by atoms with van der Waals surface area (Å²) in [6.07, 6.45) is 1.48. The average molecular weight is 302 g/mol. The summed E-state index contributed by atoms with van der Waals surface area (Å²) in [7, 11) is 0. The van der Waals surface area contributed by atoms with Crippen LogP contribution in [0, 0.1) is 6.92 Å². The van der Waals surface area contributed by atoms with E-state index < -0.39 is 0 Å². The molecule has 7 heteroatoms. The summed E-state index contributed by atoms with van der Waals surface area (Å²) in [6.45, 7) is 4.17. The molecular weight excluding hydrogens is 284 g/mol. The molecule has 1 aromatic heterocycles. The zero-order valence-electron chi connectivity index (χ0n) is 12.5. The summed E-state index contributed by atoms with van der Waals surface area (Å²) in [6, 6.07) is 7.38. The van der Waals surface area contributed by atoms with Crippen molar-refractivity contribution in [1.82, 2.24) is 15.6 Å². The second-order valence-electron chi connectivity index (χ2n) is 4.62. The second-order valence-corrected chi connectivity index (χ2v) is 4.62. The Kier molecular flexibility index (Phi) is 5.13. The maximum atomic E-state index is 11.8. The summed E-state index contributed by atoms with van der Waals surface area (Å²) in [5, 5.41) is 9.00. The molecule has 0 aliphatic heterocycles. The van der Waals surface area contributed by atoms with Gasteiger partial charge < -0.3 is 9.84 Å². The van der Waals surface area contributed by atoms with E-state index in [-0.39, 0.29) is 17.9 Å². The standard InChI is InChI=1S/C15H18N4O3/c1-3-22-13-7-5-4-6-11(13)9-16-18-14(20)8-12-10(2)17-19-15(12)21/h4-7,9H,3,8H2,1-2H3,(H,18,20)(H2,17,19,21). The third-order valence-corrected chi connectivity index (χ3v) is 3.04. The number of aromatic amines is 2. The summed E-state index contributed by atoms with van der Waals surface area (Å²) in [5.41, 5.74) is 3.92. The molecule has 1 aromatic carbocycles. The van der Waals surface area contributed by atoms with Crippen LogP contribution in [0.25, 0.3) is 0 Å². The molecule has 1 amide bonds. The Morgan fingerprint density at radius 2 is 2.14 bits per heavy atom. The molecule has 22 heavy (non-hydrogen) atoms. The molecule has 116 valence electrons. The fraction of sp³-hybridized carbons (Fsp3) is 0.267. The number of carbonyl (C=O) groups is 1. The average Bonchev–Trinajstić information content (AvgIpc) is 2.81. The monoisotopic (exact) mass is 302 g/mol. The van der Waals surface area contributed by atoms with Crippen LogP contribution < -0.4 is 15.7 Å². The van der Waals surface area contributed by atoms with E-state index in [1.54, 1.807) is 6.92 Å². The first-order valence-corrected chi connectivity index (χ1v) is 6.91. The van der Waals surface area contributed by atoms with Crippen LogP contribution in [0.5, 0.6) is 5.75 Å². The van der Waals surface area contributed by atoms with Crippen molar-refractivity contribution < 1.29 is 9.53 Å². The third kappa shape index (κ3) is 3.85.